The van der Waals surface area contributed by atoms with Gasteiger partial charge in [-0.2, -0.15) is 4.98 Å². The molecule has 0 saturated carbocycles. The first kappa shape index (κ1) is 17.6. The Hall–Kier alpha value is -3.80. The number of aromatic nitrogens is 2. The van der Waals surface area contributed by atoms with Gasteiger partial charge >= 0.3 is 0 Å². The van der Waals surface area contributed by atoms with Gasteiger partial charge in [-0.3, -0.25) is 0 Å². The lowest BCUT2D eigenvalue weighted by molar-refractivity contribution is 0.415. The Balaban J connectivity index is 1.77. The lowest BCUT2D eigenvalue weighted by atomic mass is 10.2. The van der Waals surface area contributed by atoms with E-state index in [0.717, 1.165) is 28.0 Å². The Kier molecular flexibility index (Phi) is 4.93. The van der Waals surface area contributed by atoms with Crippen LogP contribution in [-0.2, 0) is 0 Å². The van der Waals surface area contributed by atoms with Gasteiger partial charge in [-0.05, 0) is 48.5 Å². The maximum Gasteiger partial charge on any atom is 0.229 e. The van der Waals surface area contributed by atoms with Crippen LogP contribution in [0, 0.1) is 0 Å². The van der Waals surface area contributed by atoms with Crippen molar-refractivity contribution in [2.24, 2.45) is 0 Å². The van der Waals surface area contributed by atoms with Crippen molar-refractivity contribution in [1.82, 2.24) is 9.97 Å². The van der Waals surface area contributed by atoms with Crippen molar-refractivity contribution in [3.63, 3.8) is 0 Å². The zero-order valence-electron chi connectivity index (χ0n) is 15.6. The number of ether oxygens (including phenoxy) is 2. The Labute approximate surface area is 163 Å². The van der Waals surface area contributed by atoms with Crippen molar-refractivity contribution in [1.29, 1.82) is 0 Å². The van der Waals surface area contributed by atoms with E-state index in [1.165, 1.54) is 0 Å². The summed E-state index contributed by atoms with van der Waals surface area (Å²) in [5.41, 5.74) is 2.54. The second-order valence-corrected chi connectivity index (χ2v) is 6.10. The molecule has 0 aliphatic carbocycles. The van der Waals surface area contributed by atoms with E-state index in [9.17, 15) is 0 Å². The van der Waals surface area contributed by atoms with Crippen LogP contribution in [0.15, 0.2) is 72.8 Å². The number of para-hydroxylation sites is 2. The van der Waals surface area contributed by atoms with E-state index in [-0.39, 0.29) is 0 Å². The standard InChI is InChI=1S/C22H20N4O2/c1-27-17-13-11-16(12-14-17)24-22-25-20-18(9-6-10-19(20)28-2)21(26-22)23-15-7-4-3-5-8-15/h3-14H,1-2H3,(H2,23,24,25,26). The number of methoxy groups -OCH3 is 2. The molecule has 6 heteroatoms. The van der Waals surface area contributed by atoms with Crippen molar-refractivity contribution < 1.29 is 9.47 Å². The molecule has 0 fully saturated rings. The molecule has 0 amide bonds. The highest BCUT2D eigenvalue weighted by Gasteiger charge is 2.12. The summed E-state index contributed by atoms with van der Waals surface area (Å²) in [6.07, 6.45) is 0. The van der Waals surface area contributed by atoms with E-state index in [0.29, 0.717) is 17.5 Å². The molecule has 0 aliphatic heterocycles. The van der Waals surface area contributed by atoms with Crippen molar-refractivity contribution in [2.75, 3.05) is 24.9 Å². The average molecular weight is 372 g/mol. The number of nitrogens with zero attached hydrogens (tertiary/aromatic N) is 2. The summed E-state index contributed by atoms with van der Waals surface area (Å²) >= 11 is 0. The fraction of sp³-hybridized carbons (Fsp3) is 0.0909. The van der Waals surface area contributed by atoms with Crippen LogP contribution in [0.2, 0.25) is 0 Å². The highest BCUT2D eigenvalue weighted by Crippen LogP contribution is 2.31. The highest BCUT2D eigenvalue weighted by molar-refractivity contribution is 5.95. The first-order valence-electron chi connectivity index (χ1n) is 8.85. The fourth-order valence-electron chi connectivity index (χ4n) is 2.90. The number of fused-ring (bicyclic) bond motifs is 1. The quantitative estimate of drug-likeness (QED) is 0.489. The molecule has 4 aromatic rings. The zero-order valence-corrected chi connectivity index (χ0v) is 15.6. The second-order valence-electron chi connectivity index (χ2n) is 6.10. The normalized spacial score (nSPS) is 10.5. The maximum atomic E-state index is 5.51. The lowest BCUT2D eigenvalue weighted by Gasteiger charge is -2.13. The van der Waals surface area contributed by atoms with Gasteiger partial charge in [-0.15, -0.1) is 0 Å². The number of rotatable bonds is 6. The van der Waals surface area contributed by atoms with E-state index >= 15 is 0 Å². The summed E-state index contributed by atoms with van der Waals surface area (Å²) in [5, 5.41) is 7.51. The number of anilines is 4. The molecule has 0 radical (unpaired) electrons. The Morgan fingerprint density at radius 2 is 1.43 bits per heavy atom. The van der Waals surface area contributed by atoms with Crippen molar-refractivity contribution in [3.05, 3.63) is 72.8 Å². The zero-order chi connectivity index (χ0) is 19.3. The summed E-state index contributed by atoms with van der Waals surface area (Å²) in [4.78, 5) is 9.36. The minimum Gasteiger partial charge on any atom is -0.497 e. The number of benzene rings is 3. The van der Waals surface area contributed by atoms with Crippen LogP contribution in [0.1, 0.15) is 0 Å². The van der Waals surface area contributed by atoms with Gasteiger partial charge in [0.15, 0.2) is 0 Å². The van der Waals surface area contributed by atoms with Gasteiger partial charge in [-0.1, -0.05) is 24.3 Å². The molecule has 0 spiro atoms. The minimum atomic E-state index is 0.473. The van der Waals surface area contributed by atoms with Gasteiger partial charge in [-0.25, -0.2) is 4.98 Å². The molecule has 0 atom stereocenters. The smallest absolute Gasteiger partial charge is 0.229 e. The van der Waals surface area contributed by atoms with Crippen LogP contribution in [0.3, 0.4) is 0 Å². The van der Waals surface area contributed by atoms with E-state index in [1.54, 1.807) is 14.2 Å². The Bertz CT molecular complexity index is 1080. The molecular formula is C22H20N4O2. The van der Waals surface area contributed by atoms with Crippen LogP contribution < -0.4 is 20.1 Å². The van der Waals surface area contributed by atoms with Gasteiger partial charge in [0.25, 0.3) is 0 Å². The molecule has 0 unspecified atom stereocenters. The monoisotopic (exact) mass is 372 g/mol. The molecule has 2 N–H and O–H groups in total. The van der Waals surface area contributed by atoms with Crippen molar-refractivity contribution in [3.8, 4) is 11.5 Å². The largest absolute Gasteiger partial charge is 0.497 e. The average Bonchev–Trinajstić information content (AvgIpc) is 2.75. The summed E-state index contributed by atoms with van der Waals surface area (Å²) in [6.45, 7) is 0. The number of hydrogen-bond acceptors (Lipinski definition) is 6. The Morgan fingerprint density at radius 1 is 0.679 bits per heavy atom. The molecule has 3 aromatic carbocycles. The third-order valence-electron chi connectivity index (χ3n) is 4.29. The van der Waals surface area contributed by atoms with Crippen molar-refractivity contribution in [2.45, 2.75) is 0 Å². The summed E-state index contributed by atoms with van der Waals surface area (Å²) in [6, 6.07) is 23.3. The molecule has 140 valence electrons. The second kappa shape index (κ2) is 7.84. The SMILES string of the molecule is COc1ccc(Nc2nc(Nc3ccccc3)c3cccc(OC)c3n2)cc1. The van der Waals surface area contributed by atoms with Crippen LogP contribution in [0.4, 0.5) is 23.1 Å². The van der Waals surface area contributed by atoms with Crippen LogP contribution in [0.5, 0.6) is 11.5 Å². The molecule has 0 saturated heterocycles. The van der Waals surface area contributed by atoms with Crippen LogP contribution >= 0.6 is 0 Å². The van der Waals surface area contributed by atoms with Gasteiger partial charge in [0.05, 0.1) is 14.2 Å². The molecule has 28 heavy (non-hydrogen) atoms. The first-order chi connectivity index (χ1) is 13.8. The summed E-state index contributed by atoms with van der Waals surface area (Å²) in [5.74, 6) is 2.65. The van der Waals surface area contributed by atoms with E-state index in [4.69, 9.17) is 9.47 Å². The molecule has 0 bridgehead atoms. The van der Waals surface area contributed by atoms with Gasteiger partial charge in [0, 0.05) is 16.8 Å². The molecule has 6 nitrogen and oxygen atoms in total. The van der Waals surface area contributed by atoms with E-state index < -0.39 is 0 Å². The Morgan fingerprint density at radius 3 is 2.14 bits per heavy atom. The van der Waals surface area contributed by atoms with E-state index in [2.05, 4.69) is 20.6 Å². The topological polar surface area (TPSA) is 68.3 Å². The third kappa shape index (κ3) is 3.66. The predicted octanol–water partition coefficient (Wildman–Crippen LogP) is 5.13. The molecule has 1 heterocycles. The molecule has 0 aliphatic rings. The minimum absolute atomic E-state index is 0.473. The lowest BCUT2D eigenvalue weighted by Crippen LogP contribution is -2.03. The number of hydrogen-bond donors (Lipinski definition) is 2. The van der Waals surface area contributed by atoms with Crippen molar-refractivity contribution >= 4 is 34.0 Å². The first-order valence-corrected chi connectivity index (χ1v) is 8.85. The molecular weight excluding hydrogens is 352 g/mol. The van der Waals surface area contributed by atoms with Gasteiger partial charge < -0.3 is 20.1 Å². The third-order valence-corrected chi connectivity index (χ3v) is 4.29. The maximum absolute atomic E-state index is 5.51. The van der Waals surface area contributed by atoms with Gasteiger partial charge in [0.1, 0.15) is 22.8 Å². The molecule has 4 rings (SSSR count). The predicted molar refractivity (Wildman–Crippen MR) is 112 cm³/mol. The van der Waals surface area contributed by atoms with Crippen LogP contribution in [0.25, 0.3) is 10.9 Å². The van der Waals surface area contributed by atoms with Gasteiger partial charge in [0.2, 0.25) is 5.95 Å². The summed E-state index contributed by atoms with van der Waals surface area (Å²) in [7, 11) is 3.28. The van der Waals surface area contributed by atoms with E-state index in [1.807, 2.05) is 72.8 Å². The van der Waals surface area contributed by atoms with Crippen LogP contribution in [-0.4, -0.2) is 24.2 Å². The summed E-state index contributed by atoms with van der Waals surface area (Å²) < 4.78 is 10.7. The molecule has 1 aromatic heterocycles. The number of nitrogens with one attached hydrogen (secondary N) is 2. The highest BCUT2D eigenvalue weighted by atomic mass is 16.5. The fourth-order valence-corrected chi connectivity index (χ4v) is 2.90.